The van der Waals surface area contributed by atoms with Gasteiger partial charge in [0.15, 0.2) is 0 Å². The highest BCUT2D eigenvalue weighted by Gasteiger charge is 2.42. The van der Waals surface area contributed by atoms with Crippen molar-refractivity contribution in [1.82, 2.24) is 10.6 Å². The molecule has 0 aromatic heterocycles. The molecule has 0 bridgehead atoms. The zero-order valence-electron chi connectivity index (χ0n) is 24.4. The molecule has 2 N–H and O–H groups in total. The molecule has 42 heavy (non-hydrogen) atoms. The van der Waals surface area contributed by atoms with Gasteiger partial charge in [-0.15, -0.1) is 0 Å². The number of carbonyl (C=O) groups is 2. The molecule has 6 nitrogen and oxygen atoms in total. The second kappa shape index (κ2) is 12.5. The summed E-state index contributed by atoms with van der Waals surface area (Å²) in [7, 11) is 0. The first-order chi connectivity index (χ1) is 20.2. The largest absolute Gasteiger partial charge is 0.412 e. The van der Waals surface area contributed by atoms with Gasteiger partial charge in [-0.3, -0.25) is 0 Å². The Kier molecular flexibility index (Phi) is 8.62. The maximum atomic E-state index is 13.1. The topological polar surface area (TPSA) is 76.7 Å². The fraction of sp³-hybridized carbons (Fsp3) is 0.278. The molecule has 4 aromatic rings. The van der Waals surface area contributed by atoms with Gasteiger partial charge in [0.25, 0.3) is 0 Å². The van der Waals surface area contributed by atoms with Gasteiger partial charge in [0.05, 0.1) is 0 Å². The molecule has 0 aliphatic heterocycles. The number of hydrogen-bond donors (Lipinski definition) is 2. The second-order valence-electron chi connectivity index (χ2n) is 12.3. The number of hydrogen-bond acceptors (Lipinski definition) is 4. The lowest BCUT2D eigenvalue weighted by Crippen LogP contribution is -2.51. The molecule has 1 aliphatic carbocycles. The summed E-state index contributed by atoms with van der Waals surface area (Å²) < 4.78 is 11.6. The molecule has 0 heterocycles. The number of ether oxygens (including phenoxy) is 2. The number of rotatable bonds is 7. The van der Waals surface area contributed by atoms with Gasteiger partial charge in [0, 0.05) is 23.7 Å². The van der Waals surface area contributed by atoms with Gasteiger partial charge in [0.1, 0.15) is 11.5 Å². The first-order valence-corrected chi connectivity index (χ1v) is 14.4. The normalized spacial score (nSPS) is 19.4. The smallest absolute Gasteiger partial charge is 0.410 e. The molecule has 1 saturated carbocycles. The predicted octanol–water partition coefficient (Wildman–Crippen LogP) is 8.48. The average Bonchev–Trinajstić information content (AvgIpc) is 2.96. The van der Waals surface area contributed by atoms with E-state index in [1.807, 2.05) is 103 Å². The minimum absolute atomic E-state index is 0.0433. The lowest BCUT2D eigenvalue weighted by atomic mass is 9.62. The van der Waals surface area contributed by atoms with Crippen LogP contribution in [0.5, 0.6) is 11.5 Å². The van der Waals surface area contributed by atoms with Gasteiger partial charge in [0.2, 0.25) is 0 Å². The van der Waals surface area contributed by atoms with Crippen molar-refractivity contribution in [2.24, 2.45) is 10.8 Å². The van der Waals surface area contributed by atoms with Crippen molar-refractivity contribution in [3.05, 3.63) is 109 Å². The summed E-state index contributed by atoms with van der Waals surface area (Å²) in [4.78, 5) is 26.0. The Balaban J connectivity index is 1.21. The number of para-hydroxylation sites is 2. The monoisotopic (exact) mass is 562 g/mol. The fourth-order valence-electron chi connectivity index (χ4n) is 6.41. The van der Waals surface area contributed by atoms with Crippen LogP contribution in [0.25, 0.3) is 22.3 Å². The third kappa shape index (κ3) is 7.38. The van der Waals surface area contributed by atoms with E-state index in [0.29, 0.717) is 24.5 Å². The number of nitrogens with one attached hydrogen (secondary N) is 2. The lowest BCUT2D eigenvalue weighted by molar-refractivity contribution is 0.0702. The average molecular weight is 563 g/mol. The van der Waals surface area contributed by atoms with Crippen LogP contribution in [-0.4, -0.2) is 24.8 Å². The Bertz CT molecular complexity index is 1520. The van der Waals surface area contributed by atoms with Gasteiger partial charge in [-0.2, -0.15) is 0 Å². The summed E-state index contributed by atoms with van der Waals surface area (Å²) in [6.45, 7) is 6.97. The molecular formula is C36H38N2O4. The number of carbonyl (C=O) groups excluding carboxylic acids is 2. The van der Waals surface area contributed by atoms with Crippen LogP contribution in [0.1, 0.15) is 40.0 Å². The molecule has 2 unspecified atom stereocenters. The van der Waals surface area contributed by atoms with Crippen LogP contribution in [0.4, 0.5) is 9.59 Å². The quantitative estimate of drug-likeness (QED) is 0.237. The van der Waals surface area contributed by atoms with Crippen LogP contribution >= 0.6 is 0 Å². The van der Waals surface area contributed by atoms with Crippen molar-refractivity contribution < 1.29 is 19.1 Å². The van der Waals surface area contributed by atoms with Gasteiger partial charge in [-0.05, 0) is 53.4 Å². The number of benzene rings is 4. The summed E-state index contributed by atoms with van der Waals surface area (Å²) in [6.07, 6.45) is 1.43. The summed E-state index contributed by atoms with van der Waals surface area (Å²) >= 11 is 0. The summed E-state index contributed by atoms with van der Waals surface area (Å²) in [5, 5.41) is 6.10. The molecule has 6 heteroatoms. The van der Waals surface area contributed by atoms with Gasteiger partial charge < -0.3 is 20.1 Å². The van der Waals surface area contributed by atoms with Crippen molar-refractivity contribution in [2.75, 3.05) is 6.54 Å². The van der Waals surface area contributed by atoms with Crippen LogP contribution in [0.15, 0.2) is 109 Å². The van der Waals surface area contributed by atoms with Crippen LogP contribution in [-0.2, 0) is 0 Å². The first-order valence-electron chi connectivity index (χ1n) is 14.4. The highest BCUT2D eigenvalue weighted by atomic mass is 16.6. The zero-order valence-corrected chi connectivity index (χ0v) is 24.4. The maximum Gasteiger partial charge on any atom is 0.412 e. The summed E-state index contributed by atoms with van der Waals surface area (Å²) in [6, 6.07) is 34.7. The van der Waals surface area contributed by atoms with Crippen molar-refractivity contribution >= 4 is 12.2 Å². The van der Waals surface area contributed by atoms with E-state index in [4.69, 9.17) is 9.47 Å². The molecule has 0 saturated heterocycles. The van der Waals surface area contributed by atoms with Gasteiger partial charge in [-0.25, -0.2) is 9.59 Å². The van der Waals surface area contributed by atoms with Gasteiger partial charge in [-0.1, -0.05) is 118 Å². The minimum atomic E-state index is -0.496. The first kappa shape index (κ1) is 28.9. The van der Waals surface area contributed by atoms with E-state index in [2.05, 4.69) is 31.4 Å². The molecule has 1 fully saturated rings. The molecule has 0 radical (unpaired) electrons. The molecular weight excluding hydrogens is 524 g/mol. The van der Waals surface area contributed by atoms with Crippen LogP contribution in [0, 0.1) is 10.8 Å². The van der Waals surface area contributed by atoms with Crippen LogP contribution in [0.2, 0.25) is 0 Å². The second-order valence-corrected chi connectivity index (χ2v) is 12.3. The maximum absolute atomic E-state index is 13.1. The standard InChI is InChI=1S/C36H38N2O4/c1-35(2)22-28(38-34(40)42-32-21-13-11-19-30(32)27-16-8-5-9-17-27)23-36(3,24-35)25-37-33(39)41-31-20-12-10-18-29(31)26-14-6-4-7-15-26/h4-21,28H,22-25H2,1-3H3,(H,37,39)(H,38,40). The minimum Gasteiger partial charge on any atom is -0.410 e. The van der Waals surface area contributed by atoms with E-state index in [-0.39, 0.29) is 16.9 Å². The van der Waals surface area contributed by atoms with Crippen molar-refractivity contribution in [3.8, 4) is 33.8 Å². The molecule has 2 amide bonds. The molecule has 4 aromatic carbocycles. The van der Waals surface area contributed by atoms with E-state index in [1.54, 1.807) is 6.07 Å². The third-order valence-corrected chi connectivity index (χ3v) is 7.77. The SMILES string of the molecule is CC1(C)CC(NC(=O)Oc2ccccc2-c2ccccc2)CC(C)(CNC(=O)Oc2ccccc2-c2ccccc2)C1. The van der Waals surface area contributed by atoms with E-state index >= 15 is 0 Å². The third-order valence-electron chi connectivity index (χ3n) is 7.77. The number of amides is 2. The predicted molar refractivity (Wildman–Crippen MR) is 166 cm³/mol. The Labute approximate surface area is 248 Å². The van der Waals surface area contributed by atoms with E-state index in [9.17, 15) is 9.59 Å². The molecule has 5 rings (SSSR count). The highest BCUT2D eigenvalue weighted by Crippen LogP contribution is 2.46. The van der Waals surface area contributed by atoms with Crippen molar-refractivity contribution in [2.45, 2.75) is 46.1 Å². The summed E-state index contributed by atoms with van der Waals surface area (Å²) in [5.41, 5.74) is 3.39. The Hall–Kier alpha value is -4.58. The molecule has 2 atom stereocenters. The Morgan fingerprint density at radius 1 is 0.667 bits per heavy atom. The Morgan fingerprint density at radius 2 is 1.14 bits per heavy atom. The molecule has 0 spiro atoms. The fourth-order valence-corrected chi connectivity index (χ4v) is 6.41. The highest BCUT2D eigenvalue weighted by molar-refractivity contribution is 5.78. The summed E-state index contributed by atoms with van der Waals surface area (Å²) in [5.74, 6) is 1.02. The van der Waals surface area contributed by atoms with E-state index < -0.39 is 12.2 Å². The lowest BCUT2D eigenvalue weighted by Gasteiger charge is -2.46. The zero-order chi connectivity index (χ0) is 29.6. The van der Waals surface area contributed by atoms with Crippen molar-refractivity contribution in [3.63, 3.8) is 0 Å². The van der Waals surface area contributed by atoms with Crippen LogP contribution in [0.3, 0.4) is 0 Å². The van der Waals surface area contributed by atoms with Crippen LogP contribution < -0.4 is 20.1 Å². The molecule has 216 valence electrons. The van der Waals surface area contributed by atoms with Crippen molar-refractivity contribution in [1.29, 1.82) is 0 Å². The molecule has 1 aliphatic rings. The van der Waals surface area contributed by atoms with E-state index in [1.165, 1.54) is 0 Å². The van der Waals surface area contributed by atoms with Gasteiger partial charge >= 0.3 is 12.2 Å². The Morgan fingerprint density at radius 3 is 1.69 bits per heavy atom. The van der Waals surface area contributed by atoms with E-state index in [0.717, 1.165) is 35.1 Å².